The van der Waals surface area contributed by atoms with Gasteiger partial charge in [-0.1, -0.05) is 36.4 Å². The number of hydrogen-bond acceptors (Lipinski definition) is 3. The zero-order chi connectivity index (χ0) is 15.1. The minimum atomic E-state index is -0.927. The lowest BCUT2D eigenvalue weighted by Gasteiger charge is -2.22. The van der Waals surface area contributed by atoms with Gasteiger partial charge in [-0.25, -0.2) is 9.21 Å². The van der Waals surface area contributed by atoms with Crippen LogP contribution in [0.5, 0.6) is 0 Å². The fourth-order valence-electron chi connectivity index (χ4n) is 2.41. The van der Waals surface area contributed by atoms with Crippen LogP contribution in [-0.2, 0) is 0 Å². The van der Waals surface area contributed by atoms with Gasteiger partial charge in [-0.2, -0.15) is 0 Å². The van der Waals surface area contributed by atoms with Crippen LogP contribution in [0.15, 0.2) is 42.5 Å². The number of urea groups is 1. The summed E-state index contributed by atoms with van der Waals surface area (Å²) < 4.78 is 0.637. The lowest BCUT2D eigenvalue weighted by atomic mass is 9.83. The van der Waals surface area contributed by atoms with Crippen LogP contribution in [-0.4, -0.2) is 17.6 Å². The second-order valence-corrected chi connectivity index (χ2v) is 4.86. The maximum Gasteiger partial charge on any atom is 0.334 e. The molecule has 0 unspecified atom stereocenters. The first kappa shape index (κ1) is 13.3. The Morgan fingerprint density at radius 3 is 2.10 bits per heavy atom. The first-order chi connectivity index (χ1) is 10.0. The van der Waals surface area contributed by atoms with E-state index in [1.54, 1.807) is 30.3 Å². The third kappa shape index (κ3) is 1.90. The van der Waals surface area contributed by atoms with E-state index >= 15 is 0 Å². The van der Waals surface area contributed by atoms with Crippen LogP contribution in [0.1, 0.15) is 31.8 Å². The molecule has 0 atom stereocenters. The van der Waals surface area contributed by atoms with E-state index in [-0.39, 0.29) is 33.9 Å². The minimum absolute atomic E-state index is 0.0926. The van der Waals surface area contributed by atoms with Crippen molar-refractivity contribution in [3.8, 4) is 0 Å². The van der Waals surface area contributed by atoms with Crippen molar-refractivity contribution in [1.29, 1.82) is 0 Å². The maximum atomic E-state index is 12.6. The van der Waals surface area contributed by atoms with Crippen LogP contribution < -0.4 is 10.2 Å². The van der Waals surface area contributed by atoms with Gasteiger partial charge in [0.1, 0.15) is 0 Å². The quantitative estimate of drug-likeness (QED) is 0.701. The summed E-state index contributed by atoms with van der Waals surface area (Å²) in [4.78, 5) is 36.3. The number of fused-ring (bicyclic) bond motifs is 2. The van der Waals surface area contributed by atoms with Gasteiger partial charge in [0.2, 0.25) is 0 Å². The van der Waals surface area contributed by atoms with E-state index in [1.807, 2.05) is 0 Å². The molecule has 0 bridgehead atoms. The van der Waals surface area contributed by atoms with Crippen molar-refractivity contribution in [2.75, 3.05) is 4.42 Å². The Hall–Kier alpha value is -2.66. The average Bonchev–Trinajstić information content (AvgIpc) is 2.51. The molecular weight excluding hydrogens is 292 g/mol. The fraction of sp³-hybridized carbons (Fsp3) is 0. The van der Waals surface area contributed by atoms with E-state index in [9.17, 15) is 14.4 Å². The smallest absolute Gasteiger partial charge is 0.334 e. The summed E-state index contributed by atoms with van der Waals surface area (Å²) in [5.41, 5.74) is 6.17. The highest BCUT2D eigenvalue weighted by Gasteiger charge is 2.33. The molecule has 1 aliphatic rings. The molecule has 0 spiro atoms. The first-order valence-corrected chi connectivity index (χ1v) is 6.43. The van der Waals surface area contributed by atoms with E-state index in [4.69, 9.17) is 17.5 Å². The standard InChI is InChI=1S/C15H9ClN2O3/c16-18(15(17)21)11-7-3-6-10-12(11)14(20)9-5-2-1-4-8(9)13(10)19/h1-7H,(H2,17,21). The van der Waals surface area contributed by atoms with Gasteiger partial charge in [-0.3, -0.25) is 9.59 Å². The third-order valence-electron chi connectivity index (χ3n) is 3.34. The molecule has 0 fully saturated rings. The fourth-order valence-corrected chi connectivity index (χ4v) is 2.55. The monoisotopic (exact) mass is 300 g/mol. The second-order valence-electron chi connectivity index (χ2n) is 4.52. The predicted molar refractivity (Wildman–Crippen MR) is 77.7 cm³/mol. The predicted octanol–water partition coefficient (Wildman–Crippen LogP) is 2.50. The van der Waals surface area contributed by atoms with Crippen LogP contribution in [0, 0.1) is 0 Å². The number of nitrogens with zero attached hydrogens (tertiary/aromatic N) is 1. The Morgan fingerprint density at radius 2 is 1.48 bits per heavy atom. The van der Waals surface area contributed by atoms with Gasteiger partial charge in [-0.15, -0.1) is 0 Å². The number of hydrogen-bond donors (Lipinski definition) is 1. The Balaban J connectivity index is 2.29. The highest BCUT2D eigenvalue weighted by molar-refractivity contribution is 6.39. The molecule has 2 aromatic carbocycles. The number of anilines is 1. The first-order valence-electron chi connectivity index (χ1n) is 6.09. The molecule has 1 aliphatic carbocycles. The number of primary amides is 1. The Morgan fingerprint density at radius 1 is 0.905 bits per heavy atom. The molecule has 21 heavy (non-hydrogen) atoms. The number of carbonyl (C=O) groups excluding carboxylic acids is 3. The molecule has 0 heterocycles. The molecule has 0 radical (unpaired) electrons. The molecule has 0 aromatic heterocycles. The minimum Gasteiger partial charge on any atom is -0.350 e. The van der Waals surface area contributed by atoms with Crippen LogP contribution in [0.25, 0.3) is 0 Å². The largest absolute Gasteiger partial charge is 0.350 e. The van der Waals surface area contributed by atoms with Crippen molar-refractivity contribution in [2.24, 2.45) is 5.73 Å². The molecule has 0 aliphatic heterocycles. The number of nitrogens with two attached hydrogens (primary N) is 1. The molecule has 3 rings (SSSR count). The Labute approximate surface area is 125 Å². The highest BCUT2D eigenvalue weighted by atomic mass is 35.5. The zero-order valence-electron chi connectivity index (χ0n) is 10.7. The summed E-state index contributed by atoms with van der Waals surface area (Å²) in [5.74, 6) is -0.640. The summed E-state index contributed by atoms with van der Waals surface area (Å²) in [7, 11) is 0. The average molecular weight is 301 g/mol. The van der Waals surface area contributed by atoms with Gasteiger partial charge >= 0.3 is 6.03 Å². The third-order valence-corrected chi connectivity index (χ3v) is 3.68. The molecule has 0 saturated heterocycles. The summed E-state index contributed by atoms with van der Waals surface area (Å²) >= 11 is 5.81. The number of rotatable bonds is 1. The van der Waals surface area contributed by atoms with Gasteiger partial charge in [0.25, 0.3) is 0 Å². The number of ketones is 2. The van der Waals surface area contributed by atoms with Gasteiger partial charge in [0.05, 0.1) is 11.3 Å². The molecule has 0 saturated carbocycles. The van der Waals surface area contributed by atoms with Gasteiger partial charge in [0, 0.05) is 28.5 Å². The lowest BCUT2D eigenvalue weighted by molar-refractivity contribution is 0.0979. The lowest BCUT2D eigenvalue weighted by Crippen LogP contribution is -2.30. The van der Waals surface area contributed by atoms with Gasteiger partial charge in [0.15, 0.2) is 11.6 Å². The number of amides is 2. The van der Waals surface area contributed by atoms with E-state index in [0.717, 1.165) is 0 Å². The highest BCUT2D eigenvalue weighted by Crippen LogP contribution is 2.34. The summed E-state index contributed by atoms with van der Waals surface area (Å²) in [6, 6.07) is 10.1. The van der Waals surface area contributed by atoms with Crippen LogP contribution in [0.3, 0.4) is 0 Å². The number of benzene rings is 2. The van der Waals surface area contributed by atoms with Crippen molar-refractivity contribution < 1.29 is 14.4 Å². The van der Waals surface area contributed by atoms with Crippen LogP contribution >= 0.6 is 11.8 Å². The Bertz CT molecular complexity index is 801. The van der Waals surface area contributed by atoms with Crippen molar-refractivity contribution in [2.45, 2.75) is 0 Å². The van der Waals surface area contributed by atoms with Crippen molar-refractivity contribution in [3.63, 3.8) is 0 Å². The van der Waals surface area contributed by atoms with Crippen molar-refractivity contribution in [3.05, 3.63) is 64.7 Å². The number of halogens is 1. The number of carbonyl (C=O) groups is 3. The maximum absolute atomic E-state index is 12.6. The molecule has 2 aromatic rings. The van der Waals surface area contributed by atoms with E-state index in [0.29, 0.717) is 9.98 Å². The van der Waals surface area contributed by atoms with Crippen LogP contribution in [0.4, 0.5) is 10.5 Å². The molecular formula is C15H9ClN2O3. The van der Waals surface area contributed by atoms with Gasteiger partial charge in [-0.05, 0) is 6.07 Å². The Kier molecular flexibility index (Phi) is 2.99. The summed E-state index contributed by atoms with van der Waals surface area (Å²) in [6.07, 6.45) is 0. The zero-order valence-corrected chi connectivity index (χ0v) is 11.4. The molecule has 2 N–H and O–H groups in total. The molecule has 6 heteroatoms. The van der Waals surface area contributed by atoms with E-state index in [2.05, 4.69) is 0 Å². The second kappa shape index (κ2) is 4.71. The van der Waals surface area contributed by atoms with E-state index < -0.39 is 6.03 Å². The van der Waals surface area contributed by atoms with Crippen molar-refractivity contribution >= 4 is 35.1 Å². The van der Waals surface area contributed by atoms with Gasteiger partial charge < -0.3 is 5.73 Å². The van der Waals surface area contributed by atoms with E-state index in [1.165, 1.54) is 12.1 Å². The molecule has 2 amide bonds. The SMILES string of the molecule is NC(=O)N(Cl)c1cccc2c1C(=O)c1ccccc1C2=O. The molecule has 5 nitrogen and oxygen atoms in total. The topological polar surface area (TPSA) is 80.5 Å². The summed E-state index contributed by atoms with van der Waals surface area (Å²) in [6.45, 7) is 0. The normalized spacial score (nSPS) is 12.6. The molecule has 104 valence electrons. The van der Waals surface area contributed by atoms with Crippen molar-refractivity contribution in [1.82, 2.24) is 0 Å². The van der Waals surface area contributed by atoms with Crippen LogP contribution in [0.2, 0.25) is 0 Å². The summed E-state index contributed by atoms with van der Waals surface area (Å²) in [5, 5.41) is 0.